The Morgan fingerprint density at radius 3 is 2.41 bits per heavy atom. The van der Waals surface area contributed by atoms with Gasteiger partial charge in [0.05, 0.1) is 11.3 Å². The second kappa shape index (κ2) is 12.9. The normalized spacial score (nSPS) is 11.6. The van der Waals surface area contributed by atoms with Gasteiger partial charge in [-0.3, -0.25) is 19.2 Å². The van der Waals surface area contributed by atoms with Crippen LogP contribution in [0.15, 0.2) is 46.7 Å². The fraction of sp³-hybridized carbons (Fsp3) is 0.333. The van der Waals surface area contributed by atoms with Crippen molar-refractivity contribution in [1.29, 1.82) is 0 Å². The number of thiophene rings is 1. The van der Waals surface area contributed by atoms with Crippen LogP contribution in [0.5, 0.6) is 0 Å². The van der Waals surface area contributed by atoms with Gasteiger partial charge in [-0.15, -0.1) is 11.3 Å². The highest BCUT2D eigenvalue weighted by molar-refractivity contribution is 7.99. The fourth-order valence-corrected chi connectivity index (χ4v) is 3.65. The van der Waals surface area contributed by atoms with Gasteiger partial charge in [-0.05, 0) is 42.6 Å². The van der Waals surface area contributed by atoms with Crippen LogP contribution in [0.2, 0.25) is 0 Å². The Morgan fingerprint density at radius 1 is 1.06 bits per heavy atom. The summed E-state index contributed by atoms with van der Waals surface area (Å²) in [6.07, 6.45) is -1.13. The Balaban J connectivity index is 1.64. The minimum atomic E-state index is -2.53. The Labute approximate surface area is 191 Å². The van der Waals surface area contributed by atoms with E-state index in [1.807, 2.05) is 0 Å². The summed E-state index contributed by atoms with van der Waals surface area (Å²) in [5.41, 5.74) is 0.376. The van der Waals surface area contributed by atoms with Gasteiger partial charge < -0.3 is 15.4 Å². The van der Waals surface area contributed by atoms with Crippen LogP contribution >= 0.6 is 23.1 Å². The lowest BCUT2D eigenvalue weighted by Gasteiger charge is -2.14. The Kier molecular flexibility index (Phi) is 10.3. The highest BCUT2D eigenvalue weighted by atomic mass is 32.2. The number of hydrogen-bond donors (Lipinski definition) is 2. The van der Waals surface area contributed by atoms with Crippen molar-refractivity contribution in [2.75, 3.05) is 11.9 Å². The summed E-state index contributed by atoms with van der Waals surface area (Å²) < 4.78 is 29.7. The van der Waals surface area contributed by atoms with E-state index in [2.05, 4.69) is 10.6 Å². The van der Waals surface area contributed by atoms with Gasteiger partial charge in [0.25, 0.3) is 11.7 Å². The molecule has 2 N–H and O–H groups in total. The van der Waals surface area contributed by atoms with Gasteiger partial charge in [-0.25, -0.2) is 0 Å². The molecule has 0 radical (unpaired) electrons. The number of carbonyl (C=O) groups is 4. The van der Waals surface area contributed by atoms with Gasteiger partial charge >= 0.3 is 5.97 Å². The number of thioether (sulfide) groups is 1. The maximum atomic E-state index is 12.3. The number of alkyl halides is 2. The Bertz CT molecular complexity index is 921. The molecule has 0 aliphatic heterocycles. The lowest BCUT2D eigenvalue weighted by molar-refractivity contribution is -0.153. The third kappa shape index (κ3) is 9.15. The number of Topliss-reactive ketones (excluding diaryl/α,β-unsaturated/α-hetero) is 1. The van der Waals surface area contributed by atoms with Crippen molar-refractivity contribution in [3.05, 3.63) is 46.7 Å². The van der Waals surface area contributed by atoms with Gasteiger partial charge in [-0.1, -0.05) is 17.8 Å². The molecule has 0 aliphatic carbocycles. The number of esters is 1. The number of carbonyl (C=O) groups excluding carboxylic acids is 4. The molecule has 2 aromatic rings. The zero-order chi connectivity index (χ0) is 23.5. The van der Waals surface area contributed by atoms with E-state index in [0.717, 1.165) is 0 Å². The zero-order valence-corrected chi connectivity index (χ0v) is 18.8. The first-order valence-electron chi connectivity index (χ1n) is 9.63. The van der Waals surface area contributed by atoms with Crippen LogP contribution in [0.3, 0.4) is 0 Å². The highest BCUT2D eigenvalue weighted by Gasteiger charge is 2.18. The van der Waals surface area contributed by atoms with E-state index in [1.54, 1.807) is 17.5 Å². The third-order valence-electron chi connectivity index (χ3n) is 4.05. The monoisotopic (exact) mass is 484 g/mol. The van der Waals surface area contributed by atoms with Gasteiger partial charge in [-0.2, -0.15) is 8.78 Å². The summed E-state index contributed by atoms with van der Waals surface area (Å²) in [4.78, 5) is 48.6. The van der Waals surface area contributed by atoms with Gasteiger partial charge in [0.1, 0.15) is 0 Å². The number of nitrogens with one attached hydrogen (secondary N) is 2. The molecule has 0 fully saturated rings. The molecular weight excluding hydrogens is 462 g/mol. The topological polar surface area (TPSA) is 102 Å². The number of halogens is 2. The standard InChI is InChI=1S/C21H22F2N2O5S2/c1-13(20(29)25-14-4-6-15(7-5-14)32-21(22)23)30-19(28)10-11-24-18(27)9-8-16(26)17-3-2-12-31-17/h2-7,12-13,21H,8-11H2,1H3,(H,24,27)(H,25,29). The van der Waals surface area contributed by atoms with Crippen molar-refractivity contribution >= 4 is 52.4 Å². The molecule has 0 spiro atoms. The average molecular weight is 485 g/mol. The molecule has 0 saturated carbocycles. The molecule has 2 amide bonds. The first-order chi connectivity index (χ1) is 15.2. The van der Waals surface area contributed by atoms with E-state index >= 15 is 0 Å². The number of hydrogen-bond acceptors (Lipinski definition) is 7. The maximum Gasteiger partial charge on any atom is 0.308 e. The second-order valence-corrected chi connectivity index (χ2v) is 8.54. The predicted molar refractivity (Wildman–Crippen MR) is 118 cm³/mol. The van der Waals surface area contributed by atoms with Crippen LogP contribution in [-0.4, -0.2) is 42.0 Å². The predicted octanol–water partition coefficient (Wildman–Crippen LogP) is 4.10. The average Bonchev–Trinajstić information content (AvgIpc) is 3.28. The number of ketones is 1. The quantitative estimate of drug-likeness (QED) is 0.267. The number of rotatable bonds is 12. The van der Waals surface area contributed by atoms with Crippen LogP contribution in [0.4, 0.5) is 14.5 Å². The van der Waals surface area contributed by atoms with Crippen LogP contribution in [0.1, 0.15) is 35.9 Å². The summed E-state index contributed by atoms with van der Waals surface area (Å²) in [7, 11) is 0. The van der Waals surface area contributed by atoms with Gasteiger partial charge in [0, 0.05) is 30.0 Å². The first-order valence-corrected chi connectivity index (χ1v) is 11.4. The number of amides is 2. The van der Waals surface area contributed by atoms with Crippen LogP contribution < -0.4 is 10.6 Å². The highest BCUT2D eigenvalue weighted by Crippen LogP contribution is 2.26. The van der Waals surface area contributed by atoms with Crippen LogP contribution in [-0.2, 0) is 19.1 Å². The molecule has 1 unspecified atom stereocenters. The largest absolute Gasteiger partial charge is 0.452 e. The van der Waals surface area contributed by atoms with Crippen LogP contribution in [0, 0.1) is 0 Å². The molecule has 2 rings (SSSR count). The summed E-state index contributed by atoms with van der Waals surface area (Å²) in [6, 6.07) is 9.28. The van der Waals surface area contributed by atoms with Gasteiger partial charge in [0.15, 0.2) is 11.9 Å². The van der Waals surface area contributed by atoms with Crippen molar-refractivity contribution in [2.45, 2.75) is 42.9 Å². The molecule has 1 aromatic heterocycles. The van der Waals surface area contributed by atoms with Gasteiger partial charge in [0.2, 0.25) is 5.91 Å². The lowest BCUT2D eigenvalue weighted by Crippen LogP contribution is -2.32. The van der Waals surface area contributed by atoms with Crippen molar-refractivity contribution in [2.24, 2.45) is 0 Å². The molecule has 172 valence electrons. The zero-order valence-electron chi connectivity index (χ0n) is 17.1. The number of ether oxygens (including phenoxy) is 1. The molecule has 0 saturated heterocycles. The van der Waals surface area contributed by atoms with E-state index in [4.69, 9.17) is 4.74 Å². The molecule has 11 heteroatoms. The minimum Gasteiger partial charge on any atom is -0.452 e. The van der Waals surface area contributed by atoms with E-state index in [1.165, 1.54) is 42.5 Å². The Hall–Kier alpha value is -2.79. The van der Waals surface area contributed by atoms with Crippen molar-refractivity contribution in [3.8, 4) is 0 Å². The smallest absolute Gasteiger partial charge is 0.308 e. The molecular formula is C21H22F2N2O5S2. The summed E-state index contributed by atoms with van der Waals surface area (Å²) in [5.74, 6) is -4.26. The summed E-state index contributed by atoms with van der Waals surface area (Å²) in [6.45, 7) is 1.41. The van der Waals surface area contributed by atoms with Crippen LogP contribution in [0.25, 0.3) is 0 Å². The molecule has 32 heavy (non-hydrogen) atoms. The molecule has 7 nitrogen and oxygen atoms in total. The van der Waals surface area contributed by atoms with E-state index in [0.29, 0.717) is 27.2 Å². The summed E-state index contributed by atoms with van der Waals surface area (Å²) >= 11 is 1.70. The number of anilines is 1. The molecule has 1 atom stereocenters. The third-order valence-corrected chi connectivity index (χ3v) is 5.68. The molecule has 1 aromatic carbocycles. The molecule has 0 aliphatic rings. The minimum absolute atomic E-state index is 0.0131. The SMILES string of the molecule is CC(OC(=O)CCNC(=O)CCC(=O)c1cccs1)C(=O)Nc1ccc(SC(F)F)cc1. The lowest BCUT2D eigenvalue weighted by atomic mass is 10.2. The maximum absolute atomic E-state index is 12.3. The second-order valence-electron chi connectivity index (χ2n) is 6.52. The van der Waals surface area contributed by atoms with Crippen molar-refractivity contribution in [1.82, 2.24) is 5.32 Å². The van der Waals surface area contributed by atoms with Crippen molar-refractivity contribution < 1.29 is 32.7 Å². The van der Waals surface area contributed by atoms with Crippen molar-refractivity contribution in [3.63, 3.8) is 0 Å². The van der Waals surface area contributed by atoms with E-state index < -0.39 is 23.7 Å². The Morgan fingerprint density at radius 2 is 1.78 bits per heavy atom. The summed E-state index contributed by atoms with van der Waals surface area (Å²) in [5, 5.41) is 6.84. The fourth-order valence-electron chi connectivity index (χ4n) is 2.45. The molecule has 0 bridgehead atoms. The first kappa shape index (κ1) is 25.5. The molecule has 1 heterocycles. The van der Waals surface area contributed by atoms with E-state index in [9.17, 15) is 28.0 Å². The number of benzene rings is 1. The van der Waals surface area contributed by atoms with E-state index in [-0.39, 0.29) is 37.5 Å².